The average molecular weight is 417 g/mol. The van der Waals surface area contributed by atoms with Crippen LogP contribution in [0.2, 0.25) is 0 Å². The molecule has 31 heavy (non-hydrogen) atoms. The normalized spacial score (nSPS) is 18.4. The predicted octanol–water partition coefficient (Wildman–Crippen LogP) is 4.25. The van der Waals surface area contributed by atoms with E-state index in [0.29, 0.717) is 0 Å². The zero-order valence-electron chi connectivity index (χ0n) is 18.5. The van der Waals surface area contributed by atoms with Crippen LogP contribution in [0.25, 0.3) is 11.3 Å². The molecule has 1 saturated heterocycles. The van der Waals surface area contributed by atoms with Crippen molar-refractivity contribution in [1.29, 1.82) is 0 Å². The number of rotatable bonds is 5. The van der Waals surface area contributed by atoms with Gasteiger partial charge in [0.05, 0.1) is 11.9 Å². The summed E-state index contributed by atoms with van der Waals surface area (Å²) in [6.45, 7) is 4.92. The standard InChI is InChI=1S/C25H32N6/c1-29-18-23(19-30-13-15-31(16-14-30)24-17-26-11-12-27-24)25(28-29)22-9-7-21(8-10-22)20-5-3-2-4-6-20/h7-12,17-18,20H,2-6,13-16,19H2,1H3. The Hall–Kier alpha value is -2.73. The summed E-state index contributed by atoms with van der Waals surface area (Å²) < 4.78 is 1.95. The lowest BCUT2D eigenvalue weighted by molar-refractivity contribution is 0.249. The molecule has 6 nitrogen and oxygen atoms in total. The van der Waals surface area contributed by atoms with E-state index in [-0.39, 0.29) is 0 Å². The molecule has 5 rings (SSSR count). The van der Waals surface area contributed by atoms with E-state index in [2.05, 4.69) is 50.2 Å². The first-order valence-electron chi connectivity index (χ1n) is 11.6. The summed E-state index contributed by atoms with van der Waals surface area (Å²) in [6.07, 6.45) is 14.4. The first-order chi connectivity index (χ1) is 15.3. The summed E-state index contributed by atoms with van der Waals surface area (Å²) in [5, 5.41) is 4.81. The molecule has 2 aliphatic rings. The second kappa shape index (κ2) is 9.18. The highest BCUT2D eigenvalue weighted by Gasteiger charge is 2.21. The van der Waals surface area contributed by atoms with E-state index in [0.717, 1.165) is 50.2 Å². The largest absolute Gasteiger partial charge is 0.353 e. The van der Waals surface area contributed by atoms with Gasteiger partial charge in [0.15, 0.2) is 0 Å². The summed E-state index contributed by atoms with van der Waals surface area (Å²) in [4.78, 5) is 13.5. The van der Waals surface area contributed by atoms with Crippen molar-refractivity contribution in [2.45, 2.75) is 44.6 Å². The summed E-state index contributed by atoms with van der Waals surface area (Å²) in [5.41, 5.74) is 5.16. The number of hydrogen-bond donors (Lipinski definition) is 0. The van der Waals surface area contributed by atoms with Crippen LogP contribution in [-0.2, 0) is 13.6 Å². The van der Waals surface area contributed by atoms with E-state index < -0.39 is 0 Å². The molecule has 3 aromatic rings. The van der Waals surface area contributed by atoms with Crippen molar-refractivity contribution in [2.75, 3.05) is 31.1 Å². The van der Waals surface area contributed by atoms with Gasteiger partial charge in [-0.05, 0) is 24.3 Å². The van der Waals surface area contributed by atoms with Gasteiger partial charge in [0.25, 0.3) is 0 Å². The van der Waals surface area contributed by atoms with E-state index in [4.69, 9.17) is 5.10 Å². The van der Waals surface area contributed by atoms with Crippen LogP contribution in [0.3, 0.4) is 0 Å². The van der Waals surface area contributed by atoms with Gasteiger partial charge < -0.3 is 4.90 Å². The monoisotopic (exact) mass is 416 g/mol. The predicted molar refractivity (Wildman–Crippen MR) is 124 cm³/mol. The Bertz CT molecular complexity index is 967. The summed E-state index contributed by atoms with van der Waals surface area (Å²) in [5.74, 6) is 1.72. The number of nitrogens with zero attached hydrogens (tertiary/aromatic N) is 6. The van der Waals surface area contributed by atoms with E-state index in [1.54, 1.807) is 12.4 Å². The number of anilines is 1. The highest BCUT2D eigenvalue weighted by Crippen LogP contribution is 2.34. The van der Waals surface area contributed by atoms with Crippen molar-refractivity contribution < 1.29 is 0 Å². The minimum absolute atomic E-state index is 0.747. The fourth-order valence-corrected chi connectivity index (χ4v) is 5.08. The van der Waals surface area contributed by atoms with E-state index in [1.807, 2.05) is 17.9 Å². The van der Waals surface area contributed by atoms with Gasteiger partial charge in [-0.1, -0.05) is 43.5 Å². The Morgan fingerprint density at radius 2 is 1.71 bits per heavy atom. The van der Waals surface area contributed by atoms with E-state index >= 15 is 0 Å². The lowest BCUT2D eigenvalue weighted by Gasteiger charge is -2.35. The molecule has 162 valence electrons. The lowest BCUT2D eigenvalue weighted by Crippen LogP contribution is -2.46. The maximum absolute atomic E-state index is 4.81. The molecule has 2 aromatic heterocycles. The Labute approximate surface area is 184 Å². The molecule has 0 atom stereocenters. The van der Waals surface area contributed by atoms with E-state index in [1.165, 1.54) is 48.8 Å². The van der Waals surface area contributed by atoms with Crippen LogP contribution in [0.5, 0.6) is 0 Å². The topological polar surface area (TPSA) is 50.1 Å². The number of aryl methyl sites for hydroxylation is 1. The van der Waals surface area contributed by atoms with Gasteiger partial charge in [-0.3, -0.25) is 14.6 Å². The van der Waals surface area contributed by atoms with Crippen molar-refractivity contribution in [3.8, 4) is 11.3 Å². The second-order valence-electron chi connectivity index (χ2n) is 8.96. The minimum atomic E-state index is 0.747. The van der Waals surface area contributed by atoms with E-state index in [9.17, 15) is 0 Å². The third kappa shape index (κ3) is 4.64. The fraction of sp³-hybridized carbons (Fsp3) is 0.480. The van der Waals surface area contributed by atoms with Gasteiger partial charge in [0, 0.05) is 69.5 Å². The number of benzene rings is 1. The van der Waals surface area contributed by atoms with Gasteiger partial charge in [0.2, 0.25) is 0 Å². The third-order valence-electron chi connectivity index (χ3n) is 6.81. The van der Waals surface area contributed by atoms with Crippen LogP contribution in [0.4, 0.5) is 5.82 Å². The van der Waals surface area contributed by atoms with Crippen LogP contribution in [-0.4, -0.2) is 50.8 Å². The maximum atomic E-state index is 4.81. The summed E-state index contributed by atoms with van der Waals surface area (Å²) in [7, 11) is 2.02. The molecule has 0 unspecified atom stereocenters. The summed E-state index contributed by atoms with van der Waals surface area (Å²) in [6, 6.07) is 9.23. The smallest absolute Gasteiger partial charge is 0.147 e. The quantitative estimate of drug-likeness (QED) is 0.622. The highest BCUT2D eigenvalue weighted by atomic mass is 15.3. The third-order valence-corrected chi connectivity index (χ3v) is 6.81. The molecule has 0 N–H and O–H groups in total. The van der Waals surface area contributed by atoms with Crippen LogP contribution in [0.15, 0.2) is 49.1 Å². The molecule has 0 spiro atoms. The Morgan fingerprint density at radius 1 is 0.935 bits per heavy atom. The number of piperazine rings is 1. The van der Waals surface area contributed by atoms with Gasteiger partial charge in [0.1, 0.15) is 5.82 Å². The van der Waals surface area contributed by atoms with Crippen molar-refractivity contribution in [3.63, 3.8) is 0 Å². The summed E-state index contributed by atoms with van der Waals surface area (Å²) >= 11 is 0. The molecule has 1 aromatic carbocycles. The molecular weight excluding hydrogens is 384 g/mol. The van der Waals surface area contributed by atoms with Gasteiger partial charge in [-0.2, -0.15) is 5.10 Å². The zero-order valence-corrected chi connectivity index (χ0v) is 18.5. The maximum Gasteiger partial charge on any atom is 0.147 e. The minimum Gasteiger partial charge on any atom is -0.353 e. The molecule has 0 radical (unpaired) electrons. The number of hydrogen-bond acceptors (Lipinski definition) is 5. The Balaban J connectivity index is 1.25. The molecule has 0 bridgehead atoms. The lowest BCUT2D eigenvalue weighted by atomic mass is 9.84. The van der Waals surface area contributed by atoms with Gasteiger partial charge in [-0.15, -0.1) is 0 Å². The number of aromatic nitrogens is 4. The van der Waals surface area contributed by atoms with Gasteiger partial charge in [-0.25, -0.2) is 4.98 Å². The molecule has 1 aliphatic carbocycles. The molecule has 2 fully saturated rings. The molecule has 0 amide bonds. The Morgan fingerprint density at radius 3 is 2.42 bits per heavy atom. The van der Waals surface area contributed by atoms with Crippen molar-refractivity contribution in [2.24, 2.45) is 7.05 Å². The van der Waals surface area contributed by atoms with Crippen LogP contribution >= 0.6 is 0 Å². The molecular formula is C25H32N6. The molecule has 3 heterocycles. The first-order valence-corrected chi connectivity index (χ1v) is 11.6. The van der Waals surface area contributed by atoms with Crippen LogP contribution in [0.1, 0.15) is 49.1 Å². The van der Waals surface area contributed by atoms with Crippen molar-refractivity contribution in [1.82, 2.24) is 24.6 Å². The van der Waals surface area contributed by atoms with Crippen molar-refractivity contribution >= 4 is 5.82 Å². The first kappa shape index (κ1) is 20.2. The van der Waals surface area contributed by atoms with Gasteiger partial charge >= 0.3 is 0 Å². The highest BCUT2D eigenvalue weighted by molar-refractivity contribution is 5.63. The fourth-order valence-electron chi connectivity index (χ4n) is 5.08. The van der Waals surface area contributed by atoms with Crippen LogP contribution in [0, 0.1) is 0 Å². The average Bonchev–Trinajstić information content (AvgIpc) is 3.20. The Kier molecular flexibility index (Phi) is 5.98. The SMILES string of the molecule is Cn1cc(CN2CCN(c3cnccn3)CC2)c(-c2ccc(C3CCCCC3)cc2)n1. The second-order valence-corrected chi connectivity index (χ2v) is 8.96. The van der Waals surface area contributed by atoms with Crippen molar-refractivity contribution in [3.05, 3.63) is 60.2 Å². The molecule has 1 saturated carbocycles. The molecule has 6 heteroatoms. The zero-order chi connectivity index (χ0) is 21.0. The van der Waals surface area contributed by atoms with Crippen LogP contribution < -0.4 is 4.90 Å². The molecule has 1 aliphatic heterocycles.